The van der Waals surface area contributed by atoms with E-state index in [9.17, 15) is 9.59 Å². The molecule has 20 heavy (non-hydrogen) atoms. The van der Waals surface area contributed by atoms with Crippen LogP contribution in [-0.2, 0) is 14.3 Å². The van der Waals surface area contributed by atoms with Crippen molar-refractivity contribution < 1.29 is 19.1 Å². The second-order valence-corrected chi connectivity index (χ2v) is 5.86. The number of halogens is 1. The molecule has 7 heteroatoms. The van der Waals surface area contributed by atoms with Gasteiger partial charge >= 0.3 is 12.1 Å². The molecule has 0 fully saturated rings. The summed E-state index contributed by atoms with van der Waals surface area (Å²) in [6.45, 7) is 6.72. The maximum Gasteiger partial charge on any atom is 0.419 e. The molecule has 112 valence electrons. The van der Waals surface area contributed by atoms with Gasteiger partial charge in [0.1, 0.15) is 11.6 Å². The fraction of sp³-hybridized carbons (Fsp3) is 0.538. The van der Waals surface area contributed by atoms with Crippen molar-refractivity contribution in [2.45, 2.75) is 44.9 Å². The van der Waals surface area contributed by atoms with Gasteiger partial charge in [0.2, 0.25) is 0 Å². The van der Waals surface area contributed by atoms with Crippen LogP contribution in [0, 0.1) is 0 Å². The van der Waals surface area contributed by atoms with Gasteiger partial charge in [-0.1, -0.05) is 11.6 Å². The fourth-order valence-electron chi connectivity index (χ4n) is 1.50. The van der Waals surface area contributed by atoms with Gasteiger partial charge in [-0.15, -0.1) is 0 Å². The van der Waals surface area contributed by atoms with Crippen LogP contribution in [0.15, 0.2) is 18.3 Å². The zero-order chi connectivity index (χ0) is 15.5. The van der Waals surface area contributed by atoms with Gasteiger partial charge < -0.3 is 15.2 Å². The van der Waals surface area contributed by atoms with E-state index >= 15 is 0 Å². The Kier molecular flexibility index (Phi) is 5.19. The number of nitrogens with two attached hydrogens (primary N) is 1. The first-order chi connectivity index (χ1) is 9.11. The van der Waals surface area contributed by atoms with Crippen molar-refractivity contribution in [2.75, 3.05) is 0 Å². The largest absolute Gasteiger partial charge is 0.459 e. The number of ether oxygens (including phenoxy) is 2. The van der Waals surface area contributed by atoms with E-state index in [4.69, 9.17) is 26.8 Å². The Morgan fingerprint density at radius 3 is 2.50 bits per heavy atom. The van der Waals surface area contributed by atoms with Crippen molar-refractivity contribution in [1.29, 1.82) is 0 Å². The van der Waals surface area contributed by atoms with Crippen LogP contribution in [0.1, 0.15) is 39.4 Å². The maximum absolute atomic E-state index is 11.9. The highest BCUT2D eigenvalue weighted by Crippen LogP contribution is 2.18. The summed E-state index contributed by atoms with van der Waals surface area (Å²) in [4.78, 5) is 23.7. The summed E-state index contributed by atoms with van der Waals surface area (Å²) in [7, 11) is 0. The number of rotatable bonds is 3. The van der Waals surface area contributed by atoms with Crippen molar-refractivity contribution >= 4 is 23.7 Å². The van der Waals surface area contributed by atoms with E-state index in [0.717, 1.165) is 4.57 Å². The molecule has 0 saturated carbocycles. The summed E-state index contributed by atoms with van der Waals surface area (Å²) >= 11 is 5.59. The highest BCUT2D eigenvalue weighted by molar-refractivity contribution is 6.19. The highest BCUT2D eigenvalue weighted by Gasteiger charge is 2.27. The molecule has 0 aromatic carbocycles. The smallest absolute Gasteiger partial charge is 0.419 e. The third kappa shape index (κ3) is 4.54. The standard InChI is InChI=1S/C13H19ClN2O4/c1-8(14)19-12(18)16-7-5-6-9(16)10(15)11(17)20-13(2,3)4/h5-8,10H,15H2,1-4H3. The van der Waals surface area contributed by atoms with Crippen molar-refractivity contribution in [3.63, 3.8) is 0 Å². The normalized spacial score (nSPS) is 14.5. The quantitative estimate of drug-likeness (QED) is 0.684. The maximum atomic E-state index is 11.9. The second-order valence-electron chi connectivity index (χ2n) is 5.24. The lowest BCUT2D eigenvalue weighted by Crippen LogP contribution is -2.33. The molecule has 2 unspecified atom stereocenters. The SMILES string of the molecule is CC(Cl)OC(=O)n1cccc1C(N)C(=O)OC(C)(C)C. The van der Waals surface area contributed by atoms with Crippen molar-refractivity contribution in [1.82, 2.24) is 4.57 Å². The first-order valence-corrected chi connectivity index (χ1v) is 6.56. The minimum atomic E-state index is -1.08. The van der Waals surface area contributed by atoms with E-state index < -0.39 is 29.3 Å². The Morgan fingerprint density at radius 2 is 2.00 bits per heavy atom. The van der Waals surface area contributed by atoms with Crippen LogP contribution in [-0.4, -0.2) is 27.8 Å². The molecular weight excluding hydrogens is 284 g/mol. The molecule has 0 aliphatic rings. The van der Waals surface area contributed by atoms with E-state index in [1.54, 1.807) is 32.9 Å². The third-order valence-corrected chi connectivity index (χ3v) is 2.31. The summed E-state index contributed by atoms with van der Waals surface area (Å²) in [5, 5.41) is 0. The Labute approximate surface area is 122 Å². The molecule has 2 N–H and O–H groups in total. The van der Waals surface area contributed by atoms with Gasteiger partial charge in [-0.3, -0.25) is 4.57 Å². The van der Waals surface area contributed by atoms with Crippen molar-refractivity contribution in [2.24, 2.45) is 5.73 Å². The summed E-state index contributed by atoms with van der Waals surface area (Å²) < 4.78 is 11.2. The molecule has 0 radical (unpaired) electrons. The Hall–Kier alpha value is -1.53. The van der Waals surface area contributed by atoms with E-state index in [1.807, 2.05) is 0 Å². The van der Waals surface area contributed by atoms with E-state index in [1.165, 1.54) is 13.1 Å². The van der Waals surface area contributed by atoms with Crippen LogP contribution in [0.2, 0.25) is 0 Å². The Balaban J connectivity index is 2.90. The molecule has 0 aliphatic heterocycles. The molecule has 1 rings (SSSR count). The van der Waals surface area contributed by atoms with Gasteiger partial charge in [0.05, 0.1) is 5.69 Å². The zero-order valence-electron chi connectivity index (χ0n) is 11.9. The van der Waals surface area contributed by atoms with Crippen LogP contribution < -0.4 is 5.73 Å². The number of carbonyl (C=O) groups is 2. The van der Waals surface area contributed by atoms with Gasteiger partial charge in [-0.05, 0) is 39.8 Å². The molecule has 0 aliphatic carbocycles. The van der Waals surface area contributed by atoms with Gasteiger partial charge in [-0.2, -0.15) is 0 Å². The molecule has 0 bridgehead atoms. The van der Waals surface area contributed by atoms with Gasteiger partial charge in [-0.25, -0.2) is 9.59 Å². The van der Waals surface area contributed by atoms with Crippen LogP contribution in [0.5, 0.6) is 0 Å². The van der Waals surface area contributed by atoms with Crippen molar-refractivity contribution in [3.05, 3.63) is 24.0 Å². The lowest BCUT2D eigenvalue weighted by atomic mass is 10.1. The van der Waals surface area contributed by atoms with Crippen LogP contribution in [0.3, 0.4) is 0 Å². The molecule has 1 heterocycles. The summed E-state index contributed by atoms with van der Waals surface area (Å²) in [5.74, 6) is -0.621. The number of esters is 1. The molecule has 0 amide bonds. The predicted octanol–water partition coefficient (Wildman–Crippen LogP) is 2.40. The molecule has 2 atom stereocenters. The number of aromatic nitrogens is 1. The summed E-state index contributed by atoms with van der Waals surface area (Å²) in [6, 6.07) is 2.05. The lowest BCUT2D eigenvalue weighted by molar-refractivity contribution is -0.156. The number of carbonyl (C=O) groups excluding carboxylic acids is 2. The van der Waals surface area contributed by atoms with E-state index in [2.05, 4.69) is 0 Å². The number of hydrogen-bond donors (Lipinski definition) is 1. The molecule has 0 saturated heterocycles. The molecular formula is C13H19ClN2O4. The van der Waals surface area contributed by atoms with Gasteiger partial charge in [0, 0.05) is 6.20 Å². The Bertz CT molecular complexity index is 491. The van der Waals surface area contributed by atoms with Crippen LogP contribution in [0.25, 0.3) is 0 Å². The lowest BCUT2D eigenvalue weighted by Gasteiger charge is -2.22. The first-order valence-electron chi connectivity index (χ1n) is 6.12. The van der Waals surface area contributed by atoms with Crippen LogP contribution in [0.4, 0.5) is 4.79 Å². The zero-order valence-corrected chi connectivity index (χ0v) is 12.7. The van der Waals surface area contributed by atoms with Crippen LogP contribution >= 0.6 is 11.6 Å². The molecule has 6 nitrogen and oxygen atoms in total. The third-order valence-electron chi connectivity index (χ3n) is 2.22. The van der Waals surface area contributed by atoms with E-state index in [0.29, 0.717) is 0 Å². The molecule has 0 spiro atoms. The number of nitrogens with zero attached hydrogens (tertiary/aromatic N) is 1. The van der Waals surface area contributed by atoms with E-state index in [-0.39, 0.29) is 5.69 Å². The van der Waals surface area contributed by atoms with Crippen molar-refractivity contribution in [3.8, 4) is 0 Å². The number of hydrogen-bond acceptors (Lipinski definition) is 5. The summed E-state index contributed by atoms with van der Waals surface area (Å²) in [5.41, 5.74) is 4.67. The van der Waals surface area contributed by atoms with Gasteiger partial charge in [0.25, 0.3) is 0 Å². The first kappa shape index (κ1) is 16.5. The average Bonchev–Trinajstić information content (AvgIpc) is 2.73. The monoisotopic (exact) mass is 302 g/mol. The predicted molar refractivity (Wildman–Crippen MR) is 74.4 cm³/mol. The number of alkyl halides is 1. The fourth-order valence-corrected chi connectivity index (χ4v) is 1.57. The Morgan fingerprint density at radius 1 is 1.40 bits per heavy atom. The second kappa shape index (κ2) is 6.28. The topological polar surface area (TPSA) is 83.5 Å². The minimum absolute atomic E-state index is 0.279. The summed E-state index contributed by atoms with van der Waals surface area (Å²) in [6.07, 6.45) is 0.743. The highest BCUT2D eigenvalue weighted by atomic mass is 35.5. The average molecular weight is 303 g/mol. The molecule has 1 aromatic heterocycles. The van der Waals surface area contributed by atoms with Gasteiger partial charge in [0.15, 0.2) is 5.56 Å². The minimum Gasteiger partial charge on any atom is -0.459 e. The molecule has 1 aromatic rings.